The van der Waals surface area contributed by atoms with Crippen molar-refractivity contribution in [2.75, 3.05) is 0 Å². The van der Waals surface area contributed by atoms with Crippen LogP contribution in [0.2, 0.25) is 0 Å². The predicted octanol–water partition coefficient (Wildman–Crippen LogP) is 4.71. The smallest absolute Gasteiger partial charge is 0.387 e. The van der Waals surface area contributed by atoms with Crippen molar-refractivity contribution in [3.05, 3.63) is 26.6 Å². The Morgan fingerprint density at radius 3 is 2.43 bits per heavy atom. The Labute approximate surface area is 105 Å². The summed E-state index contributed by atoms with van der Waals surface area (Å²) in [5.74, 6) is 0.129. The maximum Gasteiger partial charge on any atom is 0.387 e. The molecule has 6 heteroatoms. The Hall–Kier alpha value is 0.320. The predicted molar refractivity (Wildman–Crippen MR) is 61.1 cm³/mol. The molecule has 0 saturated carbocycles. The van der Waals surface area contributed by atoms with Crippen LogP contribution in [0.3, 0.4) is 0 Å². The molecular formula is C8H5Br3F2O. The van der Waals surface area contributed by atoms with Gasteiger partial charge in [-0.15, -0.1) is 0 Å². The molecule has 0 atom stereocenters. The van der Waals surface area contributed by atoms with Gasteiger partial charge < -0.3 is 4.74 Å². The summed E-state index contributed by atoms with van der Waals surface area (Å²) in [4.78, 5) is 0. The summed E-state index contributed by atoms with van der Waals surface area (Å²) < 4.78 is 29.6. The van der Waals surface area contributed by atoms with Gasteiger partial charge in [0.1, 0.15) is 5.75 Å². The molecule has 0 amide bonds. The first-order chi connectivity index (χ1) is 6.54. The van der Waals surface area contributed by atoms with Crippen molar-refractivity contribution in [3.8, 4) is 5.75 Å². The van der Waals surface area contributed by atoms with Gasteiger partial charge in [0.2, 0.25) is 0 Å². The third-order valence-electron chi connectivity index (χ3n) is 1.44. The molecule has 0 aliphatic rings. The van der Waals surface area contributed by atoms with Crippen LogP contribution in [-0.4, -0.2) is 6.61 Å². The SMILES string of the molecule is FC(F)Oc1cc(Br)cc(CBr)c1Br. The quantitative estimate of drug-likeness (QED) is 0.675. The monoisotopic (exact) mass is 392 g/mol. The molecular weight excluding hydrogens is 390 g/mol. The number of hydrogen-bond acceptors (Lipinski definition) is 1. The van der Waals surface area contributed by atoms with E-state index in [-0.39, 0.29) is 5.75 Å². The average Bonchev–Trinajstić information content (AvgIpc) is 2.09. The van der Waals surface area contributed by atoms with Crippen molar-refractivity contribution in [3.63, 3.8) is 0 Å². The molecule has 14 heavy (non-hydrogen) atoms. The second kappa shape index (κ2) is 5.42. The van der Waals surface area contributed by atoms with Gasteiger partial charge >= 0.3 is 6.61 Å². The van der Waals surface area contributed by atoms with Crippen LogP contribution in [0.5, 0.6) is 5.75 Å². The van der Waals surface area contributed by atoms with Crippen molar-refractivity contribution in [2.45, 2.75) is 11.9 Å². The largest absolute Gasteiger partial charge is 0.434 e. The molecule has 0 N–H and O–H groups in total. The Bertz CT molecular complexity index is 331. The highest BCUT2D eigenvalue weighted by molar-refractivity contribution is 9.11. The lowest BCUT2D eigenvalue weighted by Gasteiger charge is -2.10. The fraction of sp³-hybridized carbons (Fsp3) is 0.250. The van der Waals surface area contributed by atoms with Gasteiger partial charge in [-0.05, 0) is 33.6 Å². The molecule has 0 saturated heterocycles. The number of benzene rings is 1. The van der Waals surface area contributed by atoms with Crippen LogP contribution in [0.15, 0.2) is 21.1 Å². The first-order valence-corrected chi connectivity index (χ1v) is 6.24. The van der Waals surface area contributed by atoms with Crippen molar-refractivity contribution < 1.29 is 13.5 Å². The van der Waals surface area contributed by atoms with Crippen LogP contribution in [0, 0.1) is 0 Å². The molecule has 0 aromatic heterocycles. The van der Waals surface area contributed by atoms with E-state index in [2.05, 4.69) is 52.5 Å². The van der Waals surface area contributed by atoms with Crippen molar-refractivity contribution in [2.24, 2.45) is 0 Å². The minimum Gasteiger partial charge on any atom is -0.434 e. The Balaban J connectivity index is 3.08. The average molecular weight is 395 g/mol. The summed E-state index contributed by atoms with van der Waals surface area (Å²) in [5, 5.41) is 0.562. The van der Waals surface area contributed by atoms with E-state index >= 15 is 0 Å². The van der Waals surface area contributed by atoms with Crippen LogP contribution < -0.4 is 4.74 Å². The molecule has 0 aliphatic carbocycles. The number of ether oxygens (including phenoxy) is 1. The van der Waals surface area contributed by atoms with E-state index in [1.165, 1.54) is 6.07 Å². The highest BCUT2D eigenvalue weighted by atomic mass is 79.9. The molecule has 0 aliphatic heterocycles. The minimum absolute atomic E-state index is 0.129. The van der Waals surface area contributed by atoms with Gasteiger partial charge in [-0.25, -0.2) is 0 Å². The maximum absolute atomic E-state index is 12.0. The van der Waals surface area contributed by atoms with Gasteiger partial charge in [-0.3, -0.25) is 0 Å². The molecule has 1 rings (SSSR count). The first kappa shape index (κ1) is 12.4. The summed E-state index contributed by atoms with van der Waals surface area (Å²) in [6, 6.07) is 3.31. The lowest BCUT2D eigenvalue weighted by Crippen LogP contribution is -2.03. The van der Waals surface area contributed by atoms with Crippen molar-refractivity contribution in [1.29, 1.82) is 0 Å². The summed E-state index contributed by atoms with van der Waals surface area (Å²) in [5.41, 5.74) is 0.843. The molecule has 0 radical (unpaired) electrons. The van der Waals surface area contributed by atoms with Gasteiger partial charge in [0.25, 0.3) is 0 Å². The molecule has 0 heterocycles. The van der Waals surface area contributed by atoms with Crippen LogP contribution in [0.4, 0.5) is 8.78 Å². The van der Waals surface area contributed by atoms with Crippen molar-refractivity contribution in [1.82, 2.24) is 0 Å². The Morgan fingerprint density at radius 1 is 1.29 bits per heavy atom. The molecule has 1 aromatic carbocycles. The highest BCUT2D eigenvalue weighted by Crippen LogP contribution is 2.34. The van der Waals surface area contributed by atoms with Gasteiger partial charge in [-0.1, -0.05) is 31.9 Å². The van der Waals surface area contributed by atoms with Crippen LogP contribution in [-0.2, 0) is 5.33 Å². The van der Waals surface area contributed by atoms with Gasteiger partial charge in [0.05, 0.1) is 4.47 Å². The van der Waals surface area contributed by atoms with E-state index in [1.807, 2.05) is 6.07 Å². The highest BCUT2D eigenvalue weighted by Gasteiger charge is 2.12. The number of rotatable bonds is 3. The molecule has 0 unspecified atom stereocenters. The summed E-state index contributed by atoms with van der Waals surface area (Å²) in [6.07, 6.45) is 0. The van der Waals surface area contributed by atoms with E-state index < -0.39 is 6.61 Å². The van der Waals surface area contributed by atoms with Gasteiger partial charge in [0, 0.05) is 9.80 Å². The first-order valence-electron chi connectivity index (χ1n) is 3.53. The fourth-order valence-corrected chi connectivity index (χ4v) is 2.66. The van der Waals surface area contributed by atoms with Crippen LogP contribution in [0.1, 0.15) is 5.56 Å². The second-order valence-electron chi connectivity index (χ2n) is 2.39. The lowest BCUT2D eigenvalue weighted by atomic mass is 10.2. The maximum atomic E-state index is 12.0. The Morgan fingerprint density at radius 2 is 1.93 bits per heavy atom. The zero-order valence-corrected chi connectivity index (χ0v) is 11.5. The molecule has 1 aromatic rings. The van der Waals surface area contributed by atoms with Gasteiger partial charge in [-0.2, -0.15) is 8.78 Å². The van der Waals surface area contributed by atoms with E-state index in [4.69, 9.17) is 0 Å². The Kier molecular flexibility index (Phi) is 4.79. The number of alkyl halides is 3. The number of halogens is 5. The summed E-state index contributed by atoms with van der Waals surface area (Å²) in [6.45, 7) is -2.82. The van der Waals surface area contributed by atoms with Crippen molar-refractivity contribution >= 4 is 47.8 Å². The zero-order chi connectivity index (χ0) is 10.7. The summed E-state index contributed by atoms with van der Waals surface area (Å²) in [7, 11) is 0. The van der Waals surface area contributed by atoms with Crippen LogP contribution >= 0.6 is 47.8 Å². The van der Waals surface area contributed by atoms with Gasteiger partial charge in [0.15, 0.2) is 0 Å². The molecule has 1 nitrogen and oxygen atoms in total. The topological polar surface area (TPSA) is 9.23 Å². The van der Waals surface area contributed by atoms with E-state index in [0.717, 1.165) is 5.56 Å². The normalized spacial score (nSPS) is 10.7. The second-order valence-corrected chi connectivity index (χ2v) is 4.66. The van der Waals surface area contributed by atoms with Crippen LogP contribution in [0.25, 0.3) is 0 Å². The fourth-order valence-electron chi connectivity index (χ4n) is 0.897. The minimum atomic E-state index is -2.82. The molecule has 0 bridgehead atoms. The molecule has 78 valence electrons. The zero-order valence-electron chi connectivity index (χ0n) is 6.74. The third kappa shape index (κ3) is 3.17. The number of hydrogen-bond donors (Lipinski definition) is 0. The van der Waals surface area contributed by atoms with E-state index in [1.54, 1.807) is 0 Å². The molecule has 0 fully saturated rings. The third-order valence-corrected chi connectivity index (χ3v) is 3.40. The summed E-state index contributed by atoms with van der Waals surface area (Å²) >= 11 is 9.66. The standard InChI is InChI=1S/C8H5Br3F2O/c9-3-4-1-5(10)2-6(7(4)11)14-8(12)13/h1-2,8H,3H2. The lowest BCUT2D eigenvalue weighted by molar-refractivity contribution is -0.0504. The molecule has 0 spiro atoms. The van der Waals surface area contributed by atoms with E-state index in [9.17, 15) is 8.78 Å². The van der Waals surface area contributed by atoms with E-state index in [0.29, 0.717) is 14.3 Å².